The van der Waals surface area contributed by atoms with Gasteiger partial charge < -0.3 is 9.47 Å². The van der Waals surface area contributed by atoms with E-state index in [1.54, 1.807) is 11.9 Å². The third-order valence-corrected chi connectivity index (χ3v) is 4.58. The van der Waals surface area contributed by atoms with Crippen molar-refractivity contribution in [2.75, 3.05) is 19.3 Å². The van der Waals surface area contributed by atoms with E-state index >= 15 is 0 Å². The van der Waals surface area contributed by atoms with Crippen molar-refractivity contribution in [3.63, 3.8) is 0 Å². The molecule has 7 heteroatoms. The summed E-state index contributed by atoms with van der Waals surface area (Å²) in [6, 6.07) is 12.2. The summed E-state index contributed by atoms with van der Waals surface area (Å²) in [5.41, 5.74) is 1.18. The van der Waals surface area contributed by atoms with Crippen molar-refractivity contribution in [2.45, 2.75) is 31.5 Å². The Bertz CT molecular complexity index is 708. The van der Waals surface area contributed by atoms with Crippen LogP contribution in [0.5, 0.6) is 0 Å². The first-order valence-electron chi connectivity index (χ1n) is 7.85. The van der Waals surface area contributed by atoms with E-state index in [4.69, 9.17) is 5.26 Å². The van der Waals surface area contributed by atoms with Crippen LogP contribution in [0, 0.1) is 11.3 Å². The van der Waals surface area contributed by atoms with E-state index in [0.29, 0.717) is 18.7 Å². The summed E-state index contributed by atoms with van der Waals surface area (Å²) in [4.78, 5) is 13.6. The summed E-state index contributed by atoms with van der Waals surface area (Å²) in [5.74, 6) is 1.19. The number of carbonyl (C=O) groups excluding carboxylic acids is 1. The van der Waals surface area contributed by atoms with Crippen LogP contribution in [-0.4, -0.2) is 44.9 Å². The van der Waals surface area contributed by atoms with Gasteiger partial charge in [0, 0.05) is 26.6 Å². The van der Waals surface area contributed by atoms with Crippen LogP contribution in [0.15, 0.2) is 35.5 Å². The van der Waals surface area contributed by atoms with E-state index in [2.05, 4.69) is 22.3 Å². The minimum atomic E-state index is -0.00878. The Hall–Kier alpha value is -2.33. The van der Waals surface area contributed by atoms with Gasteiger partial charge in [0.2, 0.25) is 5.91 Å². The summed E-state index contributed by atoms with van der Waals surface area (Å²) in [7, 11) is 1.71. The number of carbonyl (C=O) groups is 1. The van der Waals surface area contributed by atoms with E-state index < -0.39 is 0 Å². The van der Waals surface area contributed by atoms with Gasteiger partial charge in [-0.05, 0) is 12.5 Å². The highest BCUT2D eigenvalue weighted by atomic mass is 32.2. The van der Waals surface area contributed by atoms with Crippen molar-refractivity contribution in [3.05, 3.63) is 41.7 Å². The molecule has 0 saturated heterocycles. The lowest BCUT2D eigenvalue weighted by atomic mass is 10.1. The molecule has 6 nitrogen and oxygen atoms in total. The minimum absolute atomic E-state index is 0.00878. The molecule has 1 aromatic heterocycles. The number of amides is 1. The fourth-order valence-corrected chi connectivity index (χ4v) is 3.19. The molecule has 0 fully saturated rings. The van der Waals surface area contributed by atoms with Gasteiger partial charge in [-0.3, -0.25) is 4.79 Å². The number of rotatable bonds is 8. The van der Waals surface area contributed by atoms with Gasteiger partial charge in [0.05, 0.1) is 18.2 Å². The van der Waals surface area contributed by atoms with E-state index in [9.17, 15) is 4.79 Å². The van der Waals surface area contributed by atoms with Crippen molar-refractivity contribution in [2.24, 2.45) is 0 Å². The van der Waals surface area contributed by atoms with Crippen LogP contribution in [0.4, 0.5) is 0 Å². The van der Waals surface area contributed by atoms with Gasteiger partial charge in [0.1, 0.15) is 5.82 Å². The van der Waals surface area contributed by atoms with E-state index in [1.807, 2.05) is 35.8 Å². The Kier molecular flexibility index (Phi) is 6.82. The quantitative estimate of drug-likeness (QED) is 0.688. The highest BCUT2D eigenvalue weighted by molar-refractivity contribution is 7.99. The van der Waals surface area contributed by atoms with Crippen molar-refractivity contribution < 1.29 is 4.79 Å². The molecular formula is C17H21N5OS. The lowest BCUT2D eigenvalue weighted by Crippen LogP contribution is -2.29. The number of benzene rings is 1. The Labute approximate surface area is 146 Å². The second-order valence-corrected chi connectivity index (χ2v) is 6.26. The van der Waals surface area contributed by atoms with Crippen LogP contribution >= 0.6 is 11.8 Å². The first-order chi connectivity index (χ1) is 11.7. The van der Waals surface area contributed by atoms with E-state index in [1.165, 1.54) is 17.3 Å². The van der Waals surface area contributed by atoms with Gasteiger partial charge in [0.15, 0.2) is 5.16 Å². The molecule has 0 aliphatic carbocycles. The topological polar surface area (TPSA) is 74.8 Å². The molecule has 0 unspecified atom stereocenters. The molecule has 2 aromatic rings. The average molecular weight is 343 g/mol. The molecule has 0 aliphatic rings. The highest BCUT2D eigenvalue weighted by Crippen LogP contribution is 2.19. The lowest BCUT2D eigenvalue weighted by molar-refractivity contribution is -0.127. The molecule has 0 radical (unpaired) electrons. The minimum Gasteiger partial charge on any atom is -0.344 e. The van der Waals surface area contributed by atoms with Gasteiger partial charge >= 0.3 is 0 Å². The van der Waals surface area contributed by atoms with Gasteiger partial charge in [-0.15, -0.1) is 10.2 Å². The predicted octanol–water partition coefficient (Wildman–Crippen LogP) is 2.35. The van der Waals surface area contributed by atoms with Gasteiger partial charge in [0.25, 0.3) is 0 Å². The zero-order valence-electron chi connectivity index (χ0n) is 14.0. The fourth-order valence-electron chi connectivity index (χ4n) is 2.23. The number of nitrogens with zero attached hydrogens (tertiary/aromatic N) is 5. The molecule has 2 rings (SSSR count). The average Bonchev–Trinajstić information content (AvgIpc) is 2.99. The highest BCUT2D eigenvalue weighted by Gasteiger charge is 2.15. The third kappa shape index (κ3) is 4.83. The van der Waals surface area contributed by atoms with Crippen molar-refractivity contribution in [3.8, 4) is 6.07 Å². The molecule has 0 atom stereocenters. The maximum Gasteiger partial charge on any atom is 0.232 e. The third-order valence-electron chi connectivity index (χ3n) is 3.62. The smallest absolute Gasteiger partial charge is 0.232 e. The Morgan fingerprint density at radius 3 is 2.75 bits per heavy atom. The molecule has 126 valence electrons. The molecule has 0 bridgehead atoms. The largest absolute Gasteiger partial charge is 0.344 e. The predicted molar refractivity (Wildman–Crippen MR) is 93.5 cm³/mol. The van der Waals surface area contributed by atoms with E-state index in [-0.39, 0.29) is 5.91 Å². The Balaban J connectivity index is 1.99. The van der Waals surface area contributed by atoms with Crippen molar-refractivity contribution >= 4 is 17.7 Å². The second-order valence-electron chi connectivity index (χ2n) is 5.32. The number of hydrogen-bond donors (Lipinski definition) is 0. The van der Waals surface area contributed by atoms with Gasteiger partial charge in [-0.25, -0.2) is 0 Å². The summed E-state index contributed by atoms with van der Waals surface area (Å²) < 4.78 is 2.04. The standard InChI is InChI=1S/C17H21N5OS/c1-3-22-15(12-14-8-5-4-6-9-14)19-20-17(22)24-13-16(23)21(2)11-7-10-18/h4-6,8-9H,3,7,11-13H2,1-2H3. The van der Waals surface area contributed by atoms with Crippen LogP contribution < -0.4 is 0 Å². The Morgan fingerprint density at radius 2 is 2.08 bits per heavy atom. The molecule has 24 heavy (non-hydrogen) atoms. The second kappa shape index (κ2) is 9.08. The first-order valence-corrected chi connectivity index (χ1v) is 8.84. The van der Waals surface area contributed by atoms with Crippen LogP contribution in [-0.2, 0) is 17.8 Å². The van der Waals surface area contributed by atoms with Crippen LogP contribution in [0.3, 0.4) is 0 Å². The van der Waals surface area contributed by atoms with Crippen LogP contribution in [0.1, 0.15) is 24.7 Å². The summed E-state index contributed by atoms with van der Waals surface area (Å²) >= 11 is 1.39. The number of thioether (sulfide) groups is 1. The summed E-state index contributed by atoms with van der Waals surface area (Å²) in [6.45, 7) is 3.26. The molecule has 0 saturated carbocycles. The van der Waals surface area contributed by atoms with Crippen LogP contribution in [0.2, 0.25) is 0 Å². The Morgan fingerprint density at radius 1 is 1.33 bits per heavy atom. The zero-order chi connectivity index (χ0) is 17.4. The van der Waals surface area contributed by atoms with Gasteiger partial charge in [-0.1, -0.05) is 42.1 Å². The normalized spacial score (nSPS) is 10.4. The molecule has 0 spiro atoms. The SMILES string of the molecule is CCn1c(Cc2ccccc2)nnc1SCC(=O)N(C)CCC#N. The molecular weight excluding hydrogens is 322 g/mol. The van der Waals surface area contributed by atoms with Crippen molar-refractivity contribution in [1.82, 2.24) is 19.7 Å². The number of aromatic nitrogens is 3. The van der Waals surface area contributed by atoms with Crippen LogP contribution in [0.25, 0.3) is 0 Å². The molecule has 0 N–H and O–H groups in total. The number of hydrogen-bond acceptors (Lipinski definition) is 5. The molecule has 1 heterocycles. The van der Waals surface area contributed by atoms with Crippen molar-refractivity contribution in [1.29, 1.82) is 5.26 Å². The maximum absolute atomic E-state index is 12.1. The maximum atomic E-state index is 12.1. The molecule has 0 aliphatic heterocycles. The summed E-state index contributed by atoms with van der Waals surface area (Å²) in [6.07, 6.45) is 1.07. The van der Waals surface area contributed by atoms with Gasteiger partial charge in [-0.2, -0.15) is 5.26 Å². The zero-order valence-corrected chi connectivity index (χ0v) is 14.8. The van der Waals surface area contributed by atoms with E-state index in [0.717, 1.165) is 23.9 Å². The number of nitriles is 1. The fraction of sp³-hybridized carbons (Fsp3) is 0.412. The first kappa shape index (κ1) is 18.0. The molecule has 1 amide bonds. The summed E-state index contributed by atoms with van der Waals surface area (Å²) in [5, 5.41) is 17.8. The lowest BCUT2D eigenvalue weighted by Gasteiger charge is -2.15. The monoisotopic (exact) mass is 343 g/mol. The molecule has 1 aromatic carbocycles.